The van der Waals surface area contributed by atoms with Gasteiger partial charge in [0.1, 0.15) is 0 Å². The van der Waals surface area contributed by atoms with Gasteiger partial charge in [-0.15, -0.1) is 0 Å². The Labute approximate surface area is 110 Å². The van der Waals surface area contributed by atoms with E-state index in [0.29, 0.717) is 6.42 Å². The van der Waals surface area contributed by atoms with Gasteiger partial charge in [0.25, 0.3) is 5.91 Å². The van der Waals surface area contributed by atoms with Crippen LogP contribution in [-0.4, -0.2) is 35.7 Å². The summed E-state index contributed by atoms with van der Waals surface area (Å²) in [4.78, 5) is 22.0. The van der Waals surface area contributed by atoms with Crippen molar-refractivity contribution in [3.05, 3.63) is 33.9 Å². The molecule has 19 heavy (non-hydrogen) atoms. The van der Waals surface area contributed by atoms with Crippen LogP contribution in [0.3, 0.4) is 0 Å². The number of hydrogen-bond donors (Lipinski definition) is 2. The summed E-state index contributed by atoms with van der Waals surface area (Å²) in [5, 5.41) is 22.4. The first-order chi connectivity index (χ1) is 9.03. The first kappa shape index (κ1) is 14.9. The van der Waals surface area contributed by atoms with Crippen molar-refractivity contribution >= 4 is 11.6 Å². The van der Waals surface area contributed by atoms with Crippen molar-refractivity contribution in [1.29, 1.82) is 0 Å². The zero-order chi connectivity index (χ0) is 14.4. The van der Waals surface area contributed by atoms with Crippen LogP contribution in [0.5, 0.6) is 5.75 Å². The van der Waals surface area contributed by atoms with Crippen LogP contribution in [-0.2, 0) is 0 Å². The first-order valence-corrected chi connectivity index (χ1v) is 5.77. The smallest absolute Gasteiger partial charge is 0.310 e. The summed E-state index contributed by atoms with van der Waals surface area (Å²) in [6.45, 7) is 1.67. The molecule has 0 fully saturated rings. The molecular formula is C12H16N2O5. The van der Waals surface area contributed by atoms with Crippen LogP contribution in [0.1, 0.15) is 23.7 Å². The number of carbonyl (C=O) groups excluding carboxylic acids is 1. The number of carbonyl (C=O) groups is 1. The van der Waals surface area contributed by atoms with E-state index in [2.05, 4.69) is 5.32 Å². The topological polar surface area (TPSA) is 102 Å². The molecule has 104 valence electrons. The minimum absolute atomic E-state index is 0.0229. The lowest BCUT2D eigenvalue weighted by atomic mass is 10.1. The molecule has 0 spiro atoms. The SMILES string of the molecule is CCC(CO)NC(=O)c1ccc([N+](=O)[O-])c(OC)c1. The van der Waals surface area contributed by atoms with Gasteiger partial charge < -0.3 is 15.2 Å². The highest BCUT2D eigenvalue weighted by Crippen LogP contribution is 2.27. The van der Waals surface area contributed by atoms with Gasteiger partial charge in [-0.05, 0) is 12.5 Å². The Kier molecular flexibility index (Phi) is 5.25. The van der Waals surface area contributed by atoms with Crippen LogP contribution in [0.4, 0.5) is 5.69 Å². The van der Waals surface area contributed by atoms with Gasteiger partial charge in [-0.25, -0.2) is 0 Å². The number of hydrogen-bond acceptors (Lipinski definition) is 5. The van der Waals surface area contributed by atoms with Crippen molar-refractivity contribution in [2.75, 3.05) is 13.7 Å². The molecule has 1 aromatic rings. The number of rotatable bonds is 6. The zero-order valence-electron chi connectivity index (χ0n) is 10.8. The number of amides is 1. The summed E-state index contributed by atoms with van der Waals surface area (Å²) in [6.07, 6.45) is 0.590. The van der Waals surface area contributed by atoms with E-state index < -0.39 is 10.8 Å². The van der Waals surface area contributed by atoms with Gasteiger partial charge in [-0.3, -0.25) is 14.9 Å². The highest BCUT2D eigenvalue weighted by Gasteiger charge is 2.18. The van der Waals surface area contributed by atoms with Crippen LogP contribution in [0.2, 0.25) is 0 Å². The van der Waals surface area contributed by atoms with E-state index in [1.54, 1.807) is 0 Å². The fourth-order valence-electron chi connectivity index (χ4n) is 1.52. The molecule has 1 amide bonds. The highest BCUT2D eigenvalue weighted by atomic mass is 16.6. The molecule has 0 heterocycles. The van der Waals surface area contributed by atoms with Crippen molar-refractivity contribution in [2.45, 2.75) is 19.4 Å². The molecule has 0 bridgehead atoms. The van der Waals surface area contributed by atoms with Gasteiger partial charge in [-0.2, -0.15) is 0 Å². The second-order valence-electron chi connectivity index (χ2n) is 3.90. The molecule has 0 aliphatic rings. The molecule has 0 aliphatic carbocycles. The Balaban J connectivity index is 2.96. The van der Waals surface area contributed by atoms with E-state index in [1.807, 2.05) is 6.92 Å². The molecule has 0 aliphatic heterocycles. The van der Waals surface area contributed by atoms with E-state index >= 15 is 0 Å². The third-order valence-corrected chi connectivity index (χ3v) is 2.69. The van der Waals surface area contributed by atoms with Gasteiger partial charge >= 0.3 is 5.69 Å². The predicted octanol–water partition coefficient (Wildman–Crippen LogP) is 1.10. The zero-order valence-corrected chi connectivity index (χ0v) is 10.8. The molecule has 0 radical (unpaired) electrons. The Morgan fingerprint density at radius 1 is 1.58 bits per heavy atom. The Morgan fingerprint density at radius 2 is 2.26 bits per heavy atom. The quantitative estimate of drug-likeness (QED) is 0.594. The number of nitro benzene ring substituents is 1. The van der Waals surface area contributed by atoms with Crippen molar-refractivity contribution in [2.24, 2.45) is 0 Å². The maximum absolute atomic E-state index is 11.9. The van der Waals surface area contributed by atoms with E-state index in [4.69, 9.17) is 9.84 Å². The fourth-order valence-corrected chi connectivity index (χ4v) is 1.52. The maximum atomic E-state index is 11.9. The summed E-state index contributed by atoms with van der Waals surface area (Å²) >= 11 is 0. The van der Waals surface area contributed by atoms with Crippen LogP contribution in [0.15, 0.2) is 18.2 Å². The molecule has 1 unspecified atom stereocenters. The number of nitrogens with one attached hydrogen (secondary N) is 1. The standard InChI is InChI=1S/C12H16N2O5/c1-3-9(7-15)13-12(16)8-4-5-10(14(17)18)11(6-8)19-2/h4-6,9,15H,3,7H2,1-2H3,(H,13,16). The molecule has 1 rings (SSSR count). The predicted molar refractivity (Wildman–Crippen MR) is 68.3 cm³/mol. The molecule has 0 saturated heterocycles. The number of nitro groups is 1. The summed E-state index contributed by atoms with van der Waals surface area (Å²) < 4.78 is 4.88. The van der Waals surface area contributed by atoms with Crippen molar-refractivity contribution in [3.8, 4) is 5.75 Å². The maximum Gasteiger partial charge on any atom is 0.310 e. The van der Waals surface area contributed by atoms with E-state index in [9.17, 15) is 14.9 Å². The third-order valence-electron chi connectivity index (χ3n) is 2.69. The Hall–Kier alpha value is -2.15. The second-order valence-corrected chi connectivity index (χ2v) is 3.90. The lowest BCUT2D eigenvalue weighted by Crippen LogP contribution is -2.36. The van der Waals surface area contributed by atoms with E-state index in [0.717, 1.165) is 0 Å². The largest absolute Gasteiger partial charge is 0.490 e. The van der Waals surface area contributed by atoms with Crippen molar-refractivity contribution in [3.63, 3.8) is 0 Å². The van der Waals surface area contributed by atoms with Gasteiger partial charge in [-0.1, -0.05) is 6.92 Å². The number of benzene rings is 1. The monoisotopic (exact) mass is 268 g/mol. The minimum atomic E-state index is -0.580. The highest BCUT2D eigenvalue weighted by molar-refractivity contribution is 5.95. The molecule has 0 aromatic heterocycles. The average Bonchev–Trinajstić information content (AvgIpc) is 2.43. The van der Waals surface area contributed by atoms with E-state index in [-0.39, 0.29) is 29.6 Å². The number of ether oxygens (including phenoxy) is 1. The minimum Gasteiger partial charge on any atom is -0.490 e. The number of methoxy groups -OCH3 is 1. The average molecular weight is 268 g/mol. The fraction of sp³-hybridized carbons (Fsp3) is 0.417. The summed E-state index contributed by atoms with van der Waals surface area (Å²) in [5.74, 6) is -0.385. The number of aliphatic hydroxyl groups is 1. The van der Waals surface area contributed by atoms with Crippen molar-refractivity contribution in [1.82, 2.24) is 5.32 Å². The summed E-state index contributed by atoms with van der Waals surface area (Å²) in [6, 6.07) is 3.53. The lowest BCUT2D eigenvalue weighted by Gasteiger charge is -2.14. The van der Waals surface area contributed by atoms with Gasteiger partial charge in [0.15, 0.2) is 5.75 Å². The lowest BCUT2D eigenvalue weighted by molar-refractivity contribution is -0.385. The van der Waals surface area contributed by atoms with Gasteiger partial charge in [0, 0.05) is 17.7 Å². The molecule has 7 nitrogen and oxygen atoms in total. The summed E-state index contributed by atoms with van der Waals surface area (Å²) in [5.41, 5.74) is 0.0441. The van der Waals surface area contributed by atoms with E-state index in [1.165, 1.54) is 25.3 Å². The first-order valence-electron chi connectivity index (χ1n) is 5.77. The molecule has 7 heteroatoms. The van der Waals surface area contributed by atoms with Gasteiger partial charge in [0.2, 0.25) is 0 Å². The normalized spacial score (nSPS) is 11.7. The third kappa shape index (κ3) is 3.65. The molecule has 2 N–H and O–H groups in total. The van der Waals surface area contributed by atoms with Crippen LogP contribution in [0.25, 0.3) is 0 Å². The van der Waals surface area contributed by atoms with Crippen LogP contribution < -0.4 is 10.1 Å². The van der Waals surface area contributed by atoms with Crippen LogP contribution in [0, 0.1) is 10.1 Å². The van der Waals surface area contributed by atoms with Crippen molar-refractivity contribution < 1.29 is 19.6 Å². The summed E-state index contributed by atoms with van der Waals surface area (Å²) in [7, 11) is 1.30. The van der Waals surface area contributed by atoms with Gasteiger partial charge in [0.05, 0.1) is 24.7 Å². The van der Waals surface area contributed by atoms with Crippen LogP contribution >= 0.6 is 0 Å². The number of nitrogens with zero attached hydrogens (tertiary/aromatic N) is 1. The second kappa shape index (κ2) is 6.69. The molecule has 0 saturated carbocycles. The Morgan fingerprint density at radius 3 is 2.74 bits per heavy atom. The molecular weight excluding hydrogens is 252 g/mol. The molecule has 1 aromatic carbocycles. The molecule has 1 atom stereocenters. The Bertz CT molecular complexity index is 471. The number of aliphatic hydroxyl groups excluding tert-OH is 1.